The maximum Gasteiger partial charge on any atom is 0.172 e. The summed E-state index contributed by atoms with van der Waals surface area (Å²) >= 11 is 0. The van der Waals surface area contributed by atoms with Crippen LogP contribution in [0.1, 0.15) is 0 Å². The second-order valence-electron chi connectivity index (χ2n) is 16.6. The summed E-state index contributed by atoms with van der Waals surface area (Å²) in [6, 6.07) is 71.6. The third-order valence-electron chi connectivity index (χ3n) is 13.7. The van der Waals surface area contributed by atoms with Crippen LogP contribution in [0.15, 0.2) is 206 Å². The fraction of sp³-hybridized carbons (Fsp3) is 0. The van der Waals surface area contributed by atoms with Gasteiger partial charge in [0.1, 0.15) is 0 Å². The van der Waals surface area contributed by atoms with Gasteiger partial charge in [0, 0.05) is 75.3 Å². The highest BCUT2D eigenvalue weighted by molar-refractivity contribution is 7.90. The fourth-order valence-electron chi connectivity index (χ4n) is 11.3. The van der Waals surface area contributed by atoms with Gasteiger partial charge >= 0.3 is 0 Å². The van der Waals surface area contributed by atoms with Gasteiger partial charge in [-0.3, -0.25) is 0 Å². The Balaban J connectivity index is 0.986. The van der Waals surface area contributed by atoms with Crippen LogP contribution in [0.25, 0.3) is 87.7 Å². The summed E-state index contributed by atoms with van der Waals surface area (Å²) in [5.74, 6) is 0. The molecule has 0 spiro atoms. The lowest BCUT2D eigenvalue weighted by molar-refractivity contribution is 0.593. The molecule has 0 N–H and O–H groups in total. The van der Waals surface area contributed by atoms with Crippen LogP contribution in [-0.2, 0) is 9.13 Å². The third kappa shape index (κ3) is 4.14. The molecule has 6 heteroatoms. The topological polar surface area (TPSA) is 44.0 Å². The van der Waals surface area contributed by atoms with Gasteiger partial charge in [-0.05, 0) is 47.2 Å². The van der Waals surface area contributed by atoms with Crippen molar-refractivity contribution < 1.29 is 9.13 Å². The van der Waals surface area contributed by atoms with E-state index in [-0.39, 0.29) is 0 Å². The molecule has 4 heterocycles. The predicted molar refractivity (Wildman–Crippen MR) is 261 cm³/mol. The molecule has 2 aromatic heterocycles. The van der Waals surface area contributed by atoms with E-state index in [1.807, 2.05) is 36.4 Å². The standard InChI is InChI=1S/C56H34N2O2P2/c59-61(49-29-11-19-39-41(49)21-9-27-47(39)57-43-23-5-1-15-35(43)36-16-2-6-24-44(36)57)51-31-13-33-53-55(51)56-52(61)32-14-34-54(56)62(53,60)50-30-12-20-40-42(50)22-10-28-48(40)58-45-25-7-3-17-37(45)38-18-4-8-26-46(38)58/h1-34H. The van der Waals surface area contributed by atoms with E-state index in [4.69, 9.17) is 0 Å². The zero-order valence-corrected chi connectivity index (χ0v) is 35.0. The van der Waals surface area contributed by atoms with E-state index < -0.39 is 14.3 Å². The molecule has 0 fully saturated rings. The average Bonchev–Trinajstić information content (AvgIpc) is 4.02. The Morgan fingerprint density at radius 3 is 0.855 bits per heavy atom. The second-order valence-corrected chi connectivity index (χ2v) is 21.9. The SMILES string of the molecule is O=P1(c2cccc3c(-n4c5ccccc5c5ccccc54)cccc23)c2cccc3c2-c2c1cccc2P3(=O)c1cccc2c(-n3c4ccccc4c4ccccc43)cccc12. The molecule has 4 nitrogen and oxygen atoms in total. The molecule has 0 aliphatic carbocycles. The quantitative estimate of drug-likeness (QED) is 0.166. The molecule has 0 bridgehead atoms. The Bertz CT molecular complexity index is 3660. The summed E-state index contributed by atoms with van der Waals surface area (Å²) in [6.07, 6.45) is 0. The van der Waals surface area contributed by atoms with Gasteiger partial charge in [-0.2, -0.15) is 0 Å². The third-order valence-corrected chi connectivity index (χ3v) is 20.1. The molecule has 12 aromatic rings. The van der Waals surface area contributed by atoms with Crippen LogP contribution < -0.4 is 31.8 Å². The zero-order valence-electron chi connectivity index (χ0n) is 33.2. The summed E-state index contributed by atoms with van der Waals surface area (Å²) in [4.78, 5) is 0. The van der Waals surface area contributed by atoms with Gasteiger partial charge in [0.25, 0.3) is 0 Å². The van der Waals surface area contributed by atoms with E-state index in [0.717, 1.165) is 97.9 Å². The van der Waals surface area contributed by atoms with Crippen LogP contribution in [0.4, 0.5) is 0 Å². The number of para-hydroxylation sites is 4. The first-order valence-corrected chi connectivity index (χ1v) is 24.5. The van der Waals surface area contributed by atoms with Crippen LogP contribution in [0.3, 0.4) is 0 Å². The lowest BCUT2D eigenvalue weighted by Crippen LogP contribution is -2.28. The van der Waals surface area contributed by atoms with E-state index in [9.17, 15) is 0 Å². The molecule has 0 atom stereocenters. The first-order chi connectivity index (χ1) is 30.6. The number of nitrogens with zero attached hydrogens (tertiary/aromatic N) is 2. The van der Waals surface area contributed by atoms with Crippen LogP contribution in [0, 0.1) is 0 Å². The van der Waals surface area contributed by atoms with Crippen molar-refractivity contribution in [1.82, 2.24) is 9.13 Å². The minimum Gasteiger partial charge on any atom is -0.309 e. The Labute approximate surface area is 356 Å². The highest BCUT2D eigenvalue weighted by Crippen LogP contribution is 2.61. The van der Waals surface area contributed by atoms with Crippen molar-refractivity contribution in [2.45, 2.75) is 0 Å². The van der Waals surface area contributed by atoms with Crippen molar-refractivity contribution in [2.75, 3.05) is 0 Å². The highest BCUT2D eigenvalue weighted by atomic mass is 31.2. The zero-order chi connectivity index (χ0) is 40.9. The van der Waals surface area contributed by atoms with Gasteiger partial charge in [-0.15, -0.1) is 0 Å². The van der Waals surface area contributed by atoms with Gasteiger partial charge in [0.15, 0.2) is 14.3 Å². The van der Waals surface area contributed by atoms with E-state index in [1.54, 1.807) is 0 Å². The predicted octanol–water partition coefficient (Wildman–Crippen LogP) is 11.8. The summed E-state index contributed by atoms with van der Waals surface area (Å²) in [5.41, 5.74) is 8.38. The molecule has 0 amide bonds. The number of hydrogen-bond donors (Lipinski definition) is 0. The van der Waals surface area contributed by atoms with Crippen molar-refractivity contribution in [2.24, 2.45) is 0 Å². The van der Waals surface area contributed by atoms with Gasteiger partial charge < -0.3 is 18.3 Å². The van der Waals surface area contributed by atoms with Gasteiger partial charge in [0.05, 0.1) is 33.4 Å². The molecular formula is C56H34N2O2P2. The van der Waals surface area contributed by atoms with Gasteiger partial charge in [-0.1, -0.05) is 170 Å². The Hall–Kier alpha value is -7.22. The van der Waals surface area contributed by atoms with Crippen LogP contribution >= 0.6 is 14.3 Å². The van der Waals surface area contributed by atoms with Crippen molar-refractivity contribution >= 4 is 111 Å². The average molecular weight is 829 g/mol. The molecule has 0 unspecified atom stereocenters. The molecule has 10 aromatic carbocycles. The van der Waals surface area contributed by atoms with Gasteiger partial charge in [0.2, 0.25) is 0 Å². The van der Waals surface area contributed by atoms with Crippen molar-refractivity contribution in [3.8, 4) is 22.5 Å². The smallest absolute Gasteiger partial charge is 0.172 e. The minimum absolute atomic E-state index is 0.774. The lowest BCUT2D eigenvalue weighted by Gasteiger charge is -2.24. The van der Waals surface area contributed by atoms with Crippen LogP contribution in [0.5, 0.6) is 0 Å². The van der Waals surface area contributed by atoms with E-state index >= 15 is 9.13 Å². The molecule has 0 saturated carbocycles. The van der Waals surface area contributed by atoms with Crippen molar-refractivity contribution in [3.05, 3.63) is 206 Å². The van der Waals surface area contributed by atoms with E-state index in [2.05, 4.69) is 179 Å². The second kappa shape index (κ2) is 12.2. The van der Waals surface area contributed by atoms with Crippen LogP contribution in [-0.4, -0.2) is 9.13 Å². The maximum absolute atomic E-state index is 16.5. The lowest BCUT2D eigenvalue weighted by atomic mass is 10.1. The first-order valence-electron chi connectivity index (χ1n) is 21.1. The molecule has 62 heavy (non-hydrogen) atoms. The monoisotopic (exact) mass is 828 g/mol. The molecule has 290 valence electrons. The molecule has 0 radical (unpaired) electrons. The van der Waals surface area contributed by atoms with Crippen molar-refractivity contribution in [3.63, 3.8) is 0 Å². The first kappa shape index (κ1) is 34.5. The largest absolute Gasteiger partial charge is 0.309 e. The number of aromatic nitrogens is 2. The summed E-state index contributed by atoms with van der Waals surface area (Å²) < 4.78 is 37.7. The normalized spacial score (nSPS) is 14.5. The number of fused-ring (bicyclic) bond motifs is 8. The Kier molecular flexibility index (Phi) is 6.79. The highest BCUT2D eigenvalue weighted by Gasteiger charge is 2.52. The van der Waals surface area contributed by atoms with E-state index in [0.29, 0.717) is 0 Å². The maximum atomic E-state index is 16.5. The molecule has 14 rings (SSSR count). The van der Waals surface area contributed by atoms with Crippen molar-refractivity contribution in [1.29, 1.82) is 0 Å². The molecule has 0 saturated heterocycles. The van der Waals surface area contributed by atoms with Gasteiger partial charge in [-0.25, -0.2) is 0 Å². The number of rotatable bonds is 4. The number of hydrogen-bond acceptors (Lipinski definition) is 2. The summed E-state index contributed by atoms with van der Waals surface area (Å²) in [6.45, 7) is 0. The molecule has 2 aliphatic rings. The Morgan fingerprint density at radius 1 is 0.242 bits per heavy atom. The van der Waals surface area contributed by atoms with E-state index in [1.165, 1.54) is 21.5 Å². The number of benzene rings is 10. The Morgan fingerprint density at radius 2 is 0.500 bits per heavy atom. The fourth-order valence-corrected chi connectivity index (χ4v) is 18.0. The minimum atomic E-state index is -3.44. The molecular weight excluding hydrogens is 795 g/mol. The van der Waals surface area contributed by atoms with Crippen LogP contribution in [0.2, 0.25) is 0 Å². The summed E-state index contributed by atoms with van der Waals surface area (Å²) in [7, 11) is -6.89. The summed E-state index contributed by atoms with van der Waals surface area (Å²) in [5, 5.41) is 13.5. The molecule has 2 aliphatic heterocycles.